The van der Waals surface area contributed by atoms with Gasteiger partial charge < -0.3 is 19.3 Å². The first kappa shape index (κ1) is 9.02. The minimum Gasteiger partial charge on any atom is -0.475 e. The highest BCUT2D eigenvalue weighted by molar-refractivity contribution is 5.89. The van der Waals surface area contributed by atoms with Gasteiger partial charge in [0.15, 0.2) is 17.4 Å². The third-order valence-corrected chi connectivity index (χ3v) is 2.40. The fourth-order valence-electron chi connectivity index (χ4n) is 1.74. The molecule has 6 nitrogen and oxygen atoms in total. The molecular formula is C10H8N2O4. The van der Waals surface area contributed by atoms with Crippen molar-refractivity contribution in [3.05, 3.63) is 23.4 Å². The summed E-state index contributed by atoms with van der Waals surface area (Å²) in [6, 6.07) is 1.44. The van der Waals surface area contributed by atoms with Gasteiger partial charge in [0.05, 0.1) is 12.2 Å². The van der Waals surface area contributed by atoms with Crippen molar-refractivity contribution in [1.82, 2.24) is 4.98 Å². The minimum absolute atomic E-state index is 0.112. The topological polar surface area (TPSA) is 88.5 Å². The zero-order valence-electron chi connectivity index (χ0n) is 8.40. The second-order valence-corrected chi connectivity index (χ2v) is 3.52. The number of aromatic carboxylic acids is 1. The highest BCUT2D eigenvalue weighted by Gasteiger charge is 2.27. The van der Waals surface area contributed by atoms with E-state index < -0.39 is 5.97 Å². The Labute approximate surface area is 89.9 Å². The van der Waals surface area contributed by atoms with Crippen LogP contribution in [0, 0.1) is 6.92 Å². The molecule has 0 saturated heterocycles. The van der Waals surface area contributed by atoms with Crippen LogP contribution in [0.1, 0.15) is 22.1 Å². The third-order valence-electron chi connectivity index (χ3n) is 2.40. The number of rotatable bonds is 1. The smallest absolute Gasteiger partial charge is 0.371 e. The molecule has 0 atom stereocenters. The molecule has 2 aromatic heterocycles. The van der Waals surface area contributed by atoms with E-state index in [1.807, 2.05) is 0 Å². The Hall–Kier alpha value is -2.24. The molecule has 16 heavy (non-hydrogen) atoms. The van der Waals surface area contributed by atoms with Gasteiger partial charge in [-0.05, 0) is 0 Å². The summed E-state index contributed by atoms with van der Waals surface area (Å²) in [5.41, 5.74) is 1.36. The summed E-state index contributed by atoms with van der Waals surface area (Å²) in [6.07, 6.45) is 0. The summed E-state index contributed by atoms with van der Waals surface area (Å²) in [4.78, 5) is 14.9. The number of anilines is 1. The number of hydrogen-bond acceptors (Lipinski definition) is 5. The summed E-state index contributed by atoms with van der Waals surface area (Å²) in [6.45, 7) is 2.25. The number of fused-ring (bicyclic) bond motifs is 3. The Balaban J connectivity index is 2.19. The van der Waals surface area contributed by atoms with Crippen LogP contribution >= 0.6 is 0 Å². The first-order chi connectivity index (χ1) is 7.65. The van der Waals surface area contributed by atoms with Gasteiger partial charge in [-0.15, -0.1) is 0 Å². The lowest BCUT2D eigenvalue weighted by atomic mass is 10.2. The van der Waals surface area contributed by atoms with Crippen LogP contribution in [0.3, 0.4) is 0 Å². The maximum atomic E-state index is 10.8. The zero-order chi connectivity index (χ0) is 11.3. The lowest BCUT2D eigenvalue weighted by Crippen LogP contribution is -2.05. The molecule has 1 aliphatic rings. The first-order valence-electron chi connectivity index (χ1n) is 4.73. The average molecular weight is 220 g/mol. The number of nitrogens with one attached hydrogen (secondary N) is 1. The summed E-state index contributed by atoms with van der Waals surface area (Å²) in [5, 5.41) is 11.8. The van der Waals surface area contributed by atoms with Crippen LogP contribution in [0.25, 0.3) is 11.5 Å². The van der Waals surface area contributed by atoms with Crippen molar-refractivity contribution in [3.8, 4) is 11.5 Å². The lowest BCUT2D eigenvalue weighted by molar-refractivity contribution is 0.0663. The number of oxazole rings is 1. The number of aryl methyl sites for hydroxylation is 1. The van der Waals surface area contributed by atoms with Gasteiger partial charge in [-0.2, -0.15) is 0 Å². The quantitative estimate of drug-likeness (QED) is 0.762. The summed E-state index contributed by atoms with van der Waals surface area (Å²) in [5.74, 6) is 0.235. The molecule has 0 spiro atoms. The highest BCUT2D eigenvalue weighted by atomic mass is 16.4. The monoisotopic (exact) mass is 220 g/mol. The van der Waals surface area contributed by atoms with Crippen LogP contribution in [-0.2, 0) is 6.54 Å². The van der Waals surface area contributed by atoms with Crippen molar-refractivity contribution in [2.45, 2.75) is 13.5 Å². The number of nitrogens with zero attached hydrogens (tertiary/aromatic N) is 1. The summed E-state index contributed by atoms with van der Waals surface area (Å²) >= 11 is 0. The van der Waals surface area contributed by atoms with E-state index in [1.165, 1.54) is 6.07 Å². The van der Waals surface area contributed by atoms with E-state index in [-0.39, 0.29) is 5.76 Å². The molecule has 6 heteroatoms. The van der Waals surface area contributed by atoms with E-state index in [1.54, 1.807) is 6.92 Å². The van der Waals surface area contributed by atoms with Crippen LogP contribution < -0.4 is 5.32 Å². The van der Waals surface area contributed by atoms with Crippen molar-refractivity contribution in [1.29, 1.82) is 0 Å². The van der Waals surface area contributed by atoms with Gasteiger partial charge in [-0.1, -0.05) is 0 Å². The van der Waals surface area contributed by atoms with Crippen molar-refractivity contribution in [2.75, 3.05) is 5.32 Å². The summed E-state index contributed by atoms with van der Waals surface area (Å²) in [7, 11) is 0. The van der Waals surface area contributed by atoms with Crippen molar-refractivity contribution >= 4 is 11.7 Å². The van der Waals surface area contributed by atoms with E-state index in [9.17, 15) is 4.79 Å². The predicted molar refractivity (Wildman–Crippen MR) is 53.2 cm³/mol. The van der Waals surface area contributed by atoms with Crippen LogP contribution in [-0.4, -0.2) is 16.1 Å². The van der Waals surface area contributed by atoms with E-state index in [4.69, 9.17) is 13.9 Å². The van der Waals surface area contributed by atoms with Gasteiger partial charge in [0.2, 0.25) is 5.76 Å². The van der Waals surface area contributed by atoms with Gasteiger partial charge in [0.1, 0.15) is 5.69 Å². The van der Waals surface area contributed by atoms with Crippen LogP contribution in [0.15, 0.2) is 14.9 Å². The molecule has 2 N–H and O–H groups in total. The van der Waals surface area contributed by atoms with Crippen LogP contribution in [0.5, 0.6) is 0 Å². The Bertz CT molecular complexity index is 582. The predicted octanol–water partition coefficient (Wildman–Crippen LogP) is 1.87. The van der Waals surface area contributed by atoms with Gasteiger partial charge in [0.25, 0.3) is 0 Å². The Morgan fingerprint density at radius 2 is 2.31 bits per heavy atom. The average Bonchev–Trinajstić information content (AvgIpc) is 2.77. The molecule has 0 bridgehead atoms. The highest BCUT2D eigenvalue weighted by Crippen LogP contribution is 2.38. The minimum atomic E-state index is -1.10. The van der Waals surface area contributed by atoms with Gasteiger partial charge >= 0.3 is 5.97 Å². The third kappa shape index (κ3) is 1.13. The Morgan fingerprint density at radius 3 is 3.06 bits per heavy atom. The molecule has 2 aromatic rings. The van der Waals surface area contributed by atoms with E-state index >= 15 is 0 Å². The number of furan rings is 1. The molecule has 3 rings (SSSR count). The van der Waals surface area contributed by atoms with E-state index in [0.717, 1.165) is 5.69 Å². The first-order valence-corrected chi connectivity index (χ1v) is 4.73. The molecule has 1 aliphatic heterocycles. The number of aromatic nitrogens is 1. The Kier molecular flexibility index (Phi) is 1.62. The largest absolute Gasteiger partial charge is 0.475 e. The van der Waals surface area contributed by atoms with Gasteiger partial charge in [-0.25, -0.2) is 9.78 Å². The van der Waals surface area contributed by atoms with Gasteiger partial charge in [-0.3, -0.25) is 0 Å². The molecule has 0 amide bonds. The fourth-order valence-corrected chi connectivity index (χ4v) is 1.74. The maximum absolute atomic E-state index is 10.8. The van der Waals surface area contributed by atoms with E-state index in [0.29, 0.717) is 29.6 Å². The SMILES string of the molecule is Cc1nc2c(o1)-c1oc(C(=O)O)cc1NC2. The maximum Gasteiger partial charge on any atom is 0.371 e. The fraction of sp³-hybridized carbons (Fsp3) is 0.200. The normalized spacial score (nSPS) is 12.8. The van der Waals surface area contributed by atoms with Crippen LogP contribution in [0.4, 0.5) is 5.69 Å². The number of carbonyl (C=O) groups is 1. The second kappa shape index (κ2) is 2.88. The number of hydrogen-bond donors (Lipinski definition) is 2. The van der Waals surface area contributed by atoms with Gasteiger partial charge in [0, 0.05) is 13.0 Å². The lowest BCUT2D eigenvalue weighted by Gasteiger charge is -2.09. The van der Waals surface area contributed by atoms with E-state index in [2.05, 4.69) is 10.3 Å². The molecule has 0 aromatic carbocycles. The van der Waals surface area contributed by atoms with Crippen molar-refractivity contribution < 1.29 is 18.7 Å². The molecule has 0 saturated carbocycles. The molecule has 82 valence electrons. The molecular weight excluding hydrogens is 212 g/mol. The number of carboxylic acid groups (broad SMARTS) is 1. The number of carboxylic acids is 1. The second-order valence-electron chi connectivity index (χ2n) is 3.52. The molecule has 3 heterocycles. The van der Waals surface area contributed by atoms with Crippen molar-refractivity contribution in [2.24, 2.45) is 0 Å². The molecule has 0 unspecified atom stereocenters. The molecule has 0 fully saturated rings. The standard InChI is InChI=1S/C10H8N2O4/c1-4-12-6-3-11-5-2-7(10(13)14)16-8(5)9(6)15-4/h2,11H,3H2,1H3,(H,13,14). The summed E-state index contributed by atoms with van der Waals surface area (Å²) < 4.78 is 10.6. The Morgan fingerprint density at radius 1 is 1.50 bits per heavy atom. The molecule has 0 radical (unpaired) electrons. The zero-order valence-corrected chi connectivity index (χ0v) is 8.40. The van der Waals surface area contributed by atoms with Crippen molar-refractivity contribution in [3.63, 3.8) is 0 Å². The molecule has 0 aliphatic carbocycles. The van der Waals surface area contributed by atoms with Crippen LogP contribution in [0.2, 0.25) is 0 Å².